The van der Waals surface area contributed by atoms with E-state index >= 15 is 0 Å². The highest BCUT2D eigenvalue weighted by molar-refractivity contribution is 6.03. The fraction of sp³-hybridized carbons (Fsp3) is 0.489. The van der Waals surface area contributed by atoms with Crippen molar-refractivity contribution in [3.63, 3.8) is 0 Å². The summed E-state index contributed by atoms with van der Waals surface area (Å²) in [6.07, 6.45) is 3.03. The molecule has 0 fully saturated rings. The summed E-state index contributed by atoms with van der Waals surface area (Å²) < 4.78 is 6.42. The number of amides is 1. The normalized spacial score (nSPS) is 16.1. The maximum Gasteiger partial charge on any atom is 0.338 e. The third-order valence-corrected chi connectivity index (χ3v) is 11.8. The fourth-order valence-corrected chi connectivity index (χ4v) is 8.44. The largest absolute Gasteiger partial charge is 0.481 e. The molecule has 0 radical (unpaired) electrons. The molecular weight excluding hydrogens is 771 g/mol. The number of hydrogen-bond acceptors (Lipinski definition) is 8. The van der Waals surface area contributed by atoms with Crippen LogP contribution in [0.5, 0.6) is 0 Å². The maximum atomic E-state index is 13.9. The van der Waals surface area contributed by atoms with Crippen molar-refractivity contribution in [2.24, 2.45) is 0 Å². The average molecular weight is 828 g/mol. The Bertz CT molecular complexity index is 2370. The lowest BCUT2D eigenvalue weighted by atomic mass is 9.85. The minimum Gasteiger partial charge on any atom is -0.481 e. The topological polar surface area (TPSA) is 245 Å². The molecule has 0 spiro atoms. The van der Waals surface area contributed by atoms with E-state index in [4.69, 9.17) is 14.7 Å². The molecule has 0 saturated carbocycles. The second-order valence-corrected chi connectivity index (χ2v) is 15.9. The smallest absolute Gasteiger partial charge is 0.338 e. The van der Waals surface area contributed by atoms with Gasteiger partial charge < -0.3 is 40.4 Å². The Labute approximate surface area is 348 Å². The van der Waals surface area contributed by atoms with Crippen LogP contribution in [0.3, 0.4) is 0 Å². The van der Waals surface area contributed by atoms with Crippen molar-refractivity contribution >= 4 is 63.0 Å². The van der Waals surface area contributed by atoms with Gasteiger partial charge in [-0.3, -0.25) is 19.4 Å². The summed E-state index contributed by atoms with van der Waals surface area (Å²) in [5.74, 6) is -6.80. The number of aliphatic carboxylic acids is 3. The maximum absolute atomic E-state index is 13.9. The van der Waals surface area contributed by atoms with Crippen molar-refractivity contribution in [3.8, 4) is 0 Å². The van der Waals surface area contributed by atoms with Gasteiger partial charge in [-0.2, -0.15) is 0 Å². The first-order chi connectivity index (χ1) is 28.5. The van der Waals surface area contributed by atoms with Crippen LogP contribution in [0.4, 0.5) is 0 Å². The minimum absolute atomic E-state index is 0.0667. The van der Waals surface area contributed by atoms with Gasteiger partial charge in [0.1, 0.15) is 6.04 Å². The van der Waals surface area contributed by atoms with Gasteiger partial charge in [0.2, 0.25) is 5.91 Å². The van der Waals surface area contributed by atoms with Crippen LogP contribution >= 0.6 is 0 Å². The SMILES string of the molecule is CCCCCCOC(C)c1c(C)c2cc3nc(c(CC(=O)N[C@@H](CCC(=O)O)C(=O)O)c4[nH]c(cc5nc(cc1[nH]2)C(C)=C5CC)c(C)c4C(=O)O)[C@@H](CCC(=O)O)[C@@H]3C. The minimum atomic E-state index is -1.54. The number of carboxylic acids is 4. The first kappa shape index (κ1) is 45.3. The highest BCUT2D eigenvalue weighted by Crippen LogP contribution is 2.43. The van der Waals surface area contributed by atoms with E-state index < -0.39 is 60.5 Å². The number of allylic oxidation sites excluding steroid dienone is 2. The lowest BCUT2D eigenvalue weighted by Crippen LogP contribution is -2.42. The van der Waals surface area contributed by atoms with Crippen molar-refractivity contribution in [1.82, 2.24) is 25.3 Å². The number of hydrogen-bond donors (Lipinski definition) is 7. The van der Waals surface area contributed by atoms with E-state index in [1.54, 1.807) is 13.0 Å². The van der Waals surface area contributed by atoms with Gasteiger partial charge in [0.25, 0.3) is 0 Å². The standard InChI is InChI=1S/C45H57N5O10/c1-8-10-11-12-17-60-26(7)40-24(5)33-19-32-23(4)28(13-15-38(52)53)42(49-32)29(18-37(51)48-30(44(56)57)14-16-39(54)55)43-41(45(58)59)25(6)34(50-43)20-35-27(9-2)22(3)31(46-35)21-36(40)47-33/h19-21,23,26,28,30,47,50H,8-18H2,1-7H3,(H,48,51)(H,52,53)(H,54,55)(H,56,57)(H,58,59)/t23-,26?,28-,30-/m0/s1. The number of aryl methyl sites for hydroxylation is 2. The lowest BCUT2D eigenvalue weighted by Gasteiger charge is -2.18. The molecule has 1 unspecified atom stereocenters. The van der Waals surface area contributed by atoms with E-state index in [2.05, 4.69) is 22.2 Å². The predicted octanol–water partition coefficient (Wildman–Crippen LogP) is 8.36. The Balaban J connectivity index is 1.89. The third kappa shape index (κ3) is 9.95. The molecule has 7 N–H and O–H groups in total. The van der Waals surface area contributed by atoms with E-state index in [0.29, 0.717) is 41.2 Å². The van der Waals surface area contributed by atoms with E-state index in [1.807, 2.05) is 46.8 Å². The van der Waals surface area contributed by atoms with Gasteiger partial charge in [0, 0.05) is 64.7 Å². The van der Waals surface area contributed by atoms with Gasteiger partial charge >= 0.3 is 23.9 Å². The Hall–Kier alpha value is -5.83. The second kappa shape index (κ2) is 19.5. The molecular formula is C45H57N5O10. The number of aromatic nitrogens is 4. The Kier molecular flexibility index (Phi) is 14.7. The molecule has 3 aromatic heterocycles. The molecule has 60 heavy (non-hydrogen) atoms. The molecule has 2 aliphatic heterocycles. The molecule has 2 aliphatic rings. The number of rotatable bonds is 19. The van der Waals surface area contributed by atoms with Crippen LogP contribution in [0.25, 0.3) is 33.2 Å². The Morgan fingerprint density at radius 1 is 0.850 bits per heavy atom. The number of fused-ring (bicyclic) bond motifs is 8. The molecule has 0 aromatic carbocycles. The highest BCUT2D eigenvalue weighted by atomic mass is 16.5. The zero-order chi connectivity index (χ0) is 44.0. The first-order valence-corrected chi connectivity index (χ1v) is 20.7. The van der Waals surface area contributed by atoms with Crippen LogP contribution in [0.1, 0.15) is 166 Å². The van der Waals surface area contributed by atoms with Crippen LogP contribution in [-0.4, -0.2) is 82.8 Å². The molecule has 1 amide bonds. The highest BCUT2D eigenvalue weighted by Gasteiger charge is 2.34. The first-order valence-electron chi connectivity index (χ1n) is 20.7. The van der Waals surface area contributed by atoms with Crippen LogP contribution in [0.15, 0.2) is 18.2 Å². The second-order valence-electron chi connectivity index (χ2n) is 15.9. The van der Waals surface area contributed by atoms with E-state index in [-0.39, 0.29) is 42.0 Å². The summed E-state index contributed by atoms with van der Waals surface area (Å²) in [4.78, 5) is 79.5. The van der Waals surface area contributed by atoms with Crippen LogP contribution < -0.4 is 5.32 Å². The summed E-state index contributed by atoms with van der Waals surface area (Å²) in [5.41, 5.74) is 8.43. The van der Waals surface area contributed by atoms with E-state index in [0.717, 1.165) is 64.7 Å². The molecule has 4 atom stereocenters. The van der Waals surface area contributed by atoms with Crippen molar-refractivity contribution < 1.29 is 49.1 Å². The molecule has 322 valence electrons. The Morgan fingerprint density at radius 2 is 1.53 bits per heavy atom. The quantitative estimate of drug-likeness (QED) is 0.0564. The molecule has 15 nitrogen and oxygen atoms in total. The molecule has 8 bridgehead atoms. The number of aromatic amines is 2. The number of nitrogens with one attached hydrogen (secondary N) is 3. The zero-order valence-electron chi connectivity index (χ0n) is 35.5. The number of carbonyl (C=O) groups excluding carboxylic acids is 1. The van der Waals surface area contributed by atoms with Crippen molar-refractivity contribution in [2.75, 3.05) is 6.61 Å². The molecule has 0 aliphatic carbocycles. The number of aromatic carboxylic acids is 1. The number of unbranched alkanes of at least 4 members (excludes halogenated alkanes) is 3. The monoisotopic (exact) mass is 827 g/mol. The number of nitrogens with zero attached hydrogens (tertiary/aromatic N) is 2. The van der Waals surface area contributed by atoms with Gasteiger partial charge in [-0.25, -0.2) is 14.6 Å². The summed E-state index contributed by atoms with van der Waals surface area (Å²) >= 11 is 0. The number of carboxylic acid groups (broad SMARTS) is 4. The van der Waals surface area contributed by atoms with Gasteiger partial charge in [0.15, 0.2) is 0 Å². The van der Waals surface area contributed by atoms with E-state index in [1.165, 1.54) is 0 Å². The fourth-order valence-electron chi connectivity index (χ4n) is 8.44. The molecule has 15 heteroatoms. The number of ether oxygens (including phenoxy) is 1. The van der Waals surface area contributed by atoms with Gasteiger partial charge in [-0.1, -0.05) is 40.0 Å². The Morgan fingerprint density at radius 3 is 2.17 bits per heavy atom. The molecule has 5 heterocycles. The van der Waals surface area contributed by atoms with Gasteiger partial charge in [0.05, 0.1) is 40.7 Å². The van der Waals surface area contributed by atoms with Crippen LogP contribution in [0, 0.1) is 13.8 Å². The van der Waals surface area contributed by atoms with Gasteiger partial charge in [-0.05, 0) is 93.9 Å². The van der Waals surface area contributed by atoms with Crippen molar-refractivity contribution in [1.29, 1.82) is 0 Å². The third-order valence-electron chi connectivity index (χ3n) is 11.8. The summed E-state index contributed by atoms with van der Waals surface area (Å²) in [5, 5.41) is 42.0. The average Bonchev–Trinajstić information content (AvgIpc) is 3.87. The molecule has 5 rings (SSSR count). The summed E-state index contributed by atoms with van der Waals surface area (Å²) in [6, 6.07) is 4.16. The molecule has 0 saturated heterocycles. The summed E-state index contributed by atoms with van der Waals surface area (Å²) in [6.45, 7) is 14.4. The number of carbonyl (C=O) groups is 5. The van der Waals surface area contributed by atoms with Gasteiger partial charge in [-0.15, -0.1) is 0 Å². The number of H-pyrrole nitrogens is 2. The lowest BCUT2D eigenvalue weighted by molar-refractivity contribution is -0.143. The van der Waals surface area contributed by atoms with Crippen molar-refractivity contribution in [2.45, 2.75) is 137 Å². The van der Waals surface area contributed by atoms with E-state index in [9.17, 15) is 44.4 Å². The predicted molar refractivity (Wildman–Crippen MR) is 227 cm³/mol. The van der Waals surface area contributed by atoms with Crippen LogP contribution in [-0.2, 0) is 30.3 Å². The van der Waals surface area contributed by atoms with Crippen molar-refractivity contribution in [3.05, 3.63) is 68.8 Å². The zero-order valence-corrected chi connectivity index (χ0v) is 35.5. The summed E-state index contributed by atoms with van der Waals surface area (Å²) in [7, 11) is 0. The van der Waals surface area contributed by atoms with Crippen LogP contribution in [0.2, 0.25) is 0 Å². The molecule has 3 aromatic rings.